The Kier molecular flexibility index (Phi) is 5.32. The fraction of sp³-hybridized carbons (Fsp3) is 0.238. The predicted molar refractivity (Wildman–Crippen MR) is 106 cm³/mol. The molecule has 0 aliphatic rings. The van der Waals surface area contributed by atoms with Crippen LogP contribution in [-0.2, 0) is 6.42 Å². The van der Waals surface area contributed by atoms with Crippen LogP contribution in [0.15, 0.2) is 42.7 Å². The van der Waals surface area contributed by atoms with Crippen LogP contribution in [0.25, 0.3) is 28.2 Å². The van der Waals surface area contributed by atoms with E-state index in [-0.39, 0.29) is 0 Å². The first kappa shape index (κ1) is 18.3. The summed E-state index contributed by atoms with van der Waals surface area (Å²) in [5.74, 6) is 0. The average molecular weight is 358 g/mol. The third-order valence-corrected chi connectivity index (χ3v) is 4.23. The first-order valence-corrected chi connectivity index (χ1v) is 9.10. The maximum absolute atomic E-state index is 9.27. The van der Waals surface area contributed by atoms with Crippen molar-refractivity contribution in [1.82, 2.24) is 24.6 Å². The lowest BCUT2D eigenvalue weighted by Crippen LogP contribution is -1.94. The number of nitriles is 1. The molecule has 4 rings (SSSR count). The van der Waals surface area contributed by atoms with Gasteiger partial charge in [-0.15, -0.1) is 0 Å². The molecule has 4 aromatic rings. The van der Waals surface area contributed by atoms with E-state index in [9.17, 15) is 5.26 Å². The van der Waals surface area contributed by atoms with Crippen LogP contribution in [0.4, 0.5) is 0 Å². The summed E-state index contributed by atoms with van der Waals surface area (Å²) in [4.78, 5) is 8.86. The zero-order valence-corrected chi connectivity index (χ0v) is 16.0. The van der Waals surface area contributed by atoms with Gasteiger partial charge in [-0.2, -0.15) is 10.4 Å². The van der Waals surface area contributed by atoms with Crippen LogP contribution in [0, 0.1) is 18.3 Å². The number of aromatic amines is 1. The van der Waals surface area contributed by atoms with Crippen molar-refractivity contribution < 1.29 is 0 Å². The molecule has 6 heteroatoms. The molecule has 0 aliphatic carbocycles. The summed E-state index contributed by atoms with van der Waals surface area (Å²) in [6, 6.07) is 12.0. The molecular formula is C21H22N6. The molecule has 4 heterocycles. The van der Waals surface area contributed by atoms with Crippen LogP contribution in [0.1, 0.15) is 37.9 Å². The van der Waals surface area contributed by atoms with Gasteiger partial charge in [0.15, 0.2) is 0 Å². The summed E-state index contributed by atoms with van der Waals surface area (Å²) in [7, 11) is 0. The highest BCUT2D eigenvalue weighted by molar-refractivity contribution is 5.81. The average Bonchev–Trinajstić information content (AvgIpc) is 3.32. The van der Waals surface area contributed by atoms with E-state index in [2.05, 4.69) is 33.2 Å². The fourth-order valence-electron chi connectivity index (χ4n) is 3.02. The number of imidazole rings is 1. The predicted octanol–water partition coefficient (Wildman–Crippen LogP) is 4.56. The topological polar surface area (TPSA) is 82.7 Å². The lowest BCUT2D eigenvalue weighted by Gasteiger charge is -2.07. The van der Waals surface area contributed by atoms with Gasteiger partial charge in [-0.25, -0.2) is 4.98 Å². The van der Waals surface area contributed by atoms with E-state index in [1.54, 1.807) is 10.6 Å². The Balaban J connectivity index is 0.00000102. The van der Waals surface area contributed by atoms with Crippen molar-refractivity contribution in [3.63, 3.8) is 0 Å². The molecule has 0 aromatic carbocycles. The summed E-state index contributed by atoms with van der Waals surface area (Å²) < 4.78 is 1.80. The molecule has 0 saturated carbocycles. The van der Waals surface area contributed by atoms with Gasteiger partial charge in [-0.1, -0.05) is 26.8 Å². The molecule has 0 bridgehead atoms. The lowest BCUT2D eigenvalue weighted by atomic mass is 10.0. The highest BCUT2D eigenvalue weighted by atomic mass is 15.1. The summed E-state index contributed by atoms with van der Waals surface area (Å²) in [6.45, 7) is 8.05. The molecule has 27 heavy (non-hydrogen) atoms. The van der Waals surface area contributed by atoms with Gasteiger partial charge >= 0.3 is 0 Å². The molecule has 0 atom stereocenters. The minimum atomic E-state index is 0.508. The van der Waals surface area contributed by atoms with E-state index in [4.69, 9.17) is 0 Å². The molecule has 0 radical (unpaired) electrons. The number of rotatable bonds is 3. The van der Waals surface area contributed by atoms with Gasteiger partial charge in [0.1, 0.15) is 23.1 Å². The SMILES string of the molecule is CC.CCc1[nH]nc(-c2cccc(C)n2)c1-c1ccc2ncc(C#N)n2c1. The number of hydrogen-bond donors (Lipinski definition) is 1. The Hall–Kier alpha value is -3.46. The van der Waals surface area contributed by atoms with E-state index in [1.807, 2.05) is 57.3 Å². The molecule has 0 fully saturated rings. The molecule has 136 valence electrons. The van der Waals surface area contributed by atoms with Crippen LogP contribution in [0.5, 0.6) is 0 Å². The maximum Gasteiger partial charge on any atom is 0.144 e. The van der Waals surface area contributed by atoms with Gasteiger partial charge in [0.25, 0.3) is 0 Å². The zero-order chi connectivity index (χ0) is 19.4. The van der Waals surface area contributed by atoms with Crippen LogP contribution in [-0.4, -0.2) is 24.6 Å². The number of nitrogens with zero attached hydrogens (tertiary/aromatic N) is 5. The first-order chi connectivity index (χ1) is 13.2. The number of pyridine rings is 2. The Morgan fingerprint density at radius 1 is 1.19 bits per heavy atom. The van der Waals surface area contributed by atoms with E-state index in [0.717, 1.165) is 46.0 Å². The minimum Gasteiger partial charge on any atom is -0.291 e. The van der Waals surface area contributed by atoms with E-state index in [1.165, 1.54) is 0 Å². The molecule has 0 unspecified atom stereocenters. The Labute approximate surface area is 158 Å². The van der Waals surface area contributed by atoms with Crippen molar-refractivity contribution in [1.29, 1.82) is 5.26 Å². The standard InChI is InChI=1S/C19H16N6.C2H6/c1-3-15-18(19(24-23-15)16-6-4-5-12(2)22-16)13-7-8-17-21-10-14(9-20)25(17)11-13;1-2/h4-8,10-11H,3H2,1-2H3,(H,23,24);1-2H3. The fourth-order valence-corrected chi connectivity index (χ4v) is 3.02. The van der Waals surface area contributed by atoms with Gasteiger partial charge in [-0.3, -0.25) is 14.5 Å². The first-order valence-electron chi connectivity index (χ1n) is 9.10. The largest absolute Gasteiger partial charge is 0.291 e. The van der Waals surface area contributed by atoms with Crippen LogP contribution in [0.3, 0.4) is 0 Å². The van der Waals surface area contributed by atoms with E-state index < -0.39 is 0 Å². The van der Waals surface area contributed by atoms with Crippen molar-refractivity contribution in [3.05, 3.63) is 59.8 Å². The smallest absolute Gasteiger partial charge is 0.144 e. The quantitative estimate of drug-likeness (QED) is 0.582. The number of aryl methyl sites for hydroxylation is 2. The monoisotopic (exact) mass is 358 g/mol. The second-order valence-corrected chi connectivity index (χ2v) is 5.84. The Bertz CT molecular complexity index is 1110. The molecule has 0 amide bonds. The van der Waals surface area contributed by atoms with Crippen molar-refractivity contribution >= 4 is 5.65 Å². The van der Waals surface area contributed by atoms with Gasteiger partial charge in [0.05, 0.1) is 11.9 Å². The Morgan fingerprint density at radius 2 is 2.00 bits per heavy atom. The zero-order valence-electron chi connectivity index (χ0n) is 16.0. The molecule has 4 aromatic heterocycles. The summed E-state index contributed by atoms with van der Waals surface area (Å²) in [6.07, 6.45) is 4.34. The summed E-state index contributed by atoms with van der Waals surface area (Å²) >= 11 is 0. The third kappa shape index (κ3) is 3.32. The third-order valence-electron chi connectivity index (χ3n) is 4.23. The summed E-state index contributed by atoms with van der Waals surface area (Å²) in [5, 5.41) is 16.9. The van der Waals surface area contributed by atoms with Crippen molar-refractivity contribution in [3.8, 4) is 28.6 Å². The van der Waals surface area contributed by atoms with Gasteiger partial charge in [0, 0.05) is 28.7 Å². The molecular weight excluding hydrogens is 336 g/mol. The van der Waals surface area contributed by atoms with Gasteiger partial charge < -0.3 is 0 Å². The highest BCUT2D eigenvalue weighted by Gasteiger charge is 2.18. The molecule has 0 saturated heterocycles. The van der Waals surface area contributed by atoms with Gasteiger partial charge in [-0.05, 0) is 37.6 Å². The molecule has 1 N–H and O–H groups in total. The lowest BCUT2D eigenvalue weighted by molar-refractivity contribution is 0.975. The number of fused-ring (bicyclic) bond motifs is 1. The van der Waals surface area contributed by atoms with Crippen molar-refractivity contribution in [2.75, 3.05) is 0 Å². The highest BCUT2D eigenvalue weighted by Crippen LogP contribution is 2.33. The van der Waals surface area contributed by atoms with E-state index in [0.29, 0.717) is 5.69 Å². The normalized spacial score (nSPS) is 10.3. The number of hydrogen-bond acceptors (Lipinski definition) is 4. The second-order valence-electron chi connectivity index (χ2n) is 5.84. The van der Waals surface area contributed by atoms with Gasteiger partial charge in [0.2, 0.25) is 0 Å². The molecule has 0 aliphatic heterocycles. The van der Waals surface area contributed by atoms with Crippen molar-refractivity contribution in [2.24, 2.45) is 0 Å². The molecule has 0 spiro atoms. The maximum atomic E-state index is 9.27. The minimum absolute atomic E-state index is 0.508. The number of H-pyrrole nitrogens is 1. The number of nitrogens with one attached hydrogen (secondary N) is 1. The van der Waals surface area contributed by atoms with Crippen LogP contribution < -0.4 is 0 Å². The van der Waals surface area contributed by atoms with E-state index >= 15 is 0 Å². The van der Waals surface area contributed by atoms with Crippen molar-refractivity contribution in [2.45, 2.75) is 34.1 Å². The van der Waals surface area contributed by atoms with Crippen LogP contribution in [0.2, 0.25) is 0 Å². The Morgan fingerprint density at radius 3 is 2.70 bits per heavy atom. The molecule has 6 nitrogen and oxygen atoms in total. The number of aromatic nitrogens is 5. The second kappa shape index (κ2) is 7.83. The summed E-state index contributed by atoms with van der Waals surface area (Å²) in [5.41, 5.74) is 6.88. The van der Waals surface area contributed by atoms with Crippen LogP contribution >= 0.6 is 0 Å².